The number of aromatic nitrogens is 2. The van der Waals surface area contributed by atoms with E-state index in [4.69, 9.17) is 4.74 Å². The Morgan fingerprint density at radius 3 is 2.61 bits per heavy atom. The average Bonchev–Trinajstić information content (AvgIpc) is 2.72. The summed E-state index contributed by atoms with van der Waals surface area (Å²) in [5.41, 5.74) is 1.22. The van der Waals surface area contributed by atoms with Gasteiger partial charge in [-0.3, -0.25) is 9.52 Å². The van der Waals surface area contributed by atoms with E-state index in [1.165, 1.54) is 22.2 Å². The van der Waals surface area contributed by atoms with Gasteiger partial charge in [-0.15, -0.1) is 0 Å². The van der Waals surface area contributed by atoms with Gasteiger partial charge in [0.05, 0.1) is 6.20 Å². The zero-order chi connectivity index (χ0) is 22.7. The van der Waals surface area contributed by atoms with Gasteiger partial charge in [-0.1, -0.05) is 6.58 Å². The minimum absolute atomic E-state index is 0.156. The van der Waals surface area contributed by atoms with Crippen molar-refractivity contribution >= 4 is 22.5 Å². The molecule has 0 radical (unpaired) electrons. The number of hydrogen-bond donors (Lipinski definition) is 1. The average molecular weight is 446 g/mol. The molecule has 2 heterocycles. The summed E-state index contributed by atoms with van der Waals surface area (Å²) in [6, 6.07) is 6.16. The molecule has 162 valence electrons. The van der Waals surface area contributed by atoms with Crippen LogP contribution in [0.3, 0.4) is 0 Å². The number of nitrogens with one attached hydrogen (secondary N) is 1. The van der Waals surface area contributed by atoms with E-state index in [2.05, 4.69) is 16.3 Å². The summed E-state index contributed by atoms with van der Waals surface area (Å²) in [5.74, 6) is -1.40. The van der Waals surface area contributed by atoms with Crippen LogP contribution >= 0.6 is 0 Å². The molecule has 1 aromatic carbocycles. The van der Waals surface area contributed by atoms with Crippen LogP contribution in [0.5, 0.6) is 11.5 Å². The maximum absolute atomic E-state index is 14.2. The highest BCUT2D eigenvalue weighted by molar-refractivity contribution is 7.89. The summed E-state index contributed by atoms with van der Waals surface area (Å²) in [5, 5.41) is 1.20. The van der Waals surface area contributed by atoms with E-state index >= 15 is 0 Å². The van der Waals surface area contributed by atoms with E-state index in [1.807, 2.05) is 0 Å². The van der Waals surface area contributed by atoms with Crippen LogP contribution in [0.25, 0.3) is 11.1 Å². The second kappa shape index (κ2) is 9.09. The van der Waals surface area contributed by atoms with Crippen LogP contribution in [0.15, 0.2) is 59.5 Å². The summed E-state index contributed by atoms with van der Waals surface area (Å²) in [7, 11) is 3.50. The van der Waals surface area contributed by atoms with Crippen LogP contribution in [0.1, 0.15) is 0 Å². The van der Waals surface area contributed by atoms with E-state index in [0.717, 1.165) is 6.07 Å². The van der Waals surface area contributed by atoms with Gasteiger partial charge >= 0.3 is 0 Å². The van der Waals surface area contributed by atoms with Crippen LogP contribution in [-0.4, -0.2) is 27.9 Å². The minimum Gasteiger partial charge on any atom is -0.452 e. The highest BCUT2D eigenvalue weighted by Gasteiger charge is 2.16. The minimum atomic E-state index is -1.57. The summed E-state index contributed by atoms with van der Waals surface area (Å²) in [6.45, 7) is 3.45. The van der Waals surface area contributed by atoms with Crippen molar-refractivity contribution in [2.45, 2.75) is 0 Å². The lowest BCUT2D eigenvalue weighted by molar-refractivity contribution is 0.437. The zero-order valence-electron chi connectivity index (χ0n) is 17.1. The predicted octanol–water partition coefficient (Wildman–Crippen LogP) is 3.80. The van der Waals surface area contributed by atoms with Gasteiger partial charge in [-0.2, -0.15) is 0 Å². The molecule has 31 heavy (non-hydrogen) atoms. The van der Waals surface area contributed by atoms with Crippen molar-refractivity contribution in [3.63, 3.8) is 0 Å². The third-order valence-electron chi connectivity index (χ3n) is 4.30. The van der Waals surface area contributed by atoms with Gasteiger partial charge in [0.15, 0.2) is 17.3 Å². The van der Waals surface area contributed by atoms with Crippen molar-refractivity contribution in [1.29, 1.82) is 0 Å². The number of nitrogens with zero attached hydrogens (tertiary/aromatic N) is 3. The summed E-state index contributed by atoms with van der Waals surface area (Å²) in [6.07, 6.45) is 2.91. The van der Waals surface area contributed by atoms with Gasteiger partial charge in [-0.05, 0) is 24.3 Å². The van der Waals surface area contributed by atoms with Crippen LogP contribution < -0.4 is 19.9 Å². The van der Waals surface area contributed by atoms with Gasteiger partial charge in [0, 0.05) is 49.9 Å². The lowest BCUT2D eigenvalue weighted by atomic mass is 10.1. The molecule has 10 heteroatoms. The van der Waals surface area contributed by atoms with E-state index in [0.29, 0.717) is 22.9 Å². The molecular formula is C21H20F2N4O3S. The Bertz CT molecular complexity index is 1230. The number of anilines is 2. The smallest absolute Gasteiger partial charge is 0.273 e. The number of rotatable bonds is 7. The highest BCUT2D eigenvalue weighted by Crippen LogP contribution is 2.36. The summed E-state index contributed by atoms with van der Waals surface area (Å²) >= 11 is 0. The Hall–Kier alpha value is -3.53. The molecule has 3 aromatic rings. The van der Waals surface area contributed by atoms with Crippen LogP contribution in [0.4, 0.5) is 20.3 Å². The summed E-state index contributed by atoms with van der Waals surface area (Å²) < 4.78 is 48.9. The third-order valence-corrected chi connectivity index (χ3v) is 5.01. The first-order valence-electron chi connectivity index (χ1n) is 9.00. The molecular weight excluding hydrogens is 426 g/mol. The van der Waals surface area contributed by atoms with Crippen LogP contribution in [-0.2, 0) is 18.0 Å². The monoisotopic (exact) mass is 446 g/mol. The first kappa shape index (κ1) is 22.2. The maximum Gasteiger partial charge on any atom is 0.273 e. The fraction of sp³-hybridized carbons (Fsp3) is 0.143. The predicted molar refractivity (Wildman–Crippen MR) is 118 cm³/mol. The Morgan fingerprint density at radius 2 is 1.97 bits per heavy atom. The first-order valence-corrected chi connectivity index (χ1v) is 10.2. The topological polar surface area (TPSA) is 76.5 Å². The van der Waals surface area contributed by atoms with Gasteiger partial charge < -0.3 is 14.2 Å². The Kier molecular flexibility index (Phi) is 6.50. The van der Waals surface area contributed by atoms with E-state index in [-0.39, 0.29) is 22.9 Å². The number of halogens is 2. The molecule has 0 saturated heterocycles. The Morgan fingerprint density at radius 1 is 1.23 bits per heavy atom. The van der Waals surface area contributed by atoms with Gasteiger partial charge in [-0.25, -0.2) is 18.0 Å². The molecule has 0 amide bonds. The zero-order valence-corrected chi connectivity index (χ0v) is 17.9. The molecule has 3 rings (SSSR count). The Labute approximate surface area is 180 Å². The molecule has 2 aromatic heterocycles. The molecule has 0 aliphatic heterocycles. The molecule has 0 bridgehead atoms. The Balaban J connectivity index is 2.17. The molecule has 1 unspecified atom stereocenters. The quantitative estimate of drug-likeness (QED) is 0.598. The number of hydrogen-bond acceptors (Lipinski definition) is 5. The fourth-order valence-electron chi connectivity index (χ4n) is 2.79. The van der Waals surface area contributed by atoms with Crippen molar-refractivity contribution in [3.8, 4) is 22.6 Å². The second-order valence-corrected chi connectivity index (χ2v) is 7.87. The van der Waals surface area contributed by atoms with Crippen molar-refractivity contribution in [2.24, 2.45) is 7.05 Å². The van der Waals surface area contributed by atoms with E-state index in [9.17, 15) is 17.8 Å². The molecule has 0 aliphatic rings. The van der Waals surface area contributed by atoms with Gasteiger partial charge in [0.25, 0.3) is 5.56 Å². The standard InChI is InChI=1S/C21H20F2N4O3S/c1-5-31(29)25-20-10-15(13-8-17(26(2)3)21(28)27(4)12-13)19(11-24-20)30-18-7-6-14(22)9-16(18)23/h5-12H,1H2,2-4H3,(H,24,25). The fourth-order valence-corrected chi connectivity index (χ4v) is 3.19. The molecule has 1 N–H and O–H groups in total. The lowest BCUT2D eigenvalue weighted by Gasteiger charge is -2.17. The largest absolute Gasteiger partial charge is 0.452 e. The molecule has 0 aliphatic carbocycles. The summed E-state index contributed by atoms with van der Waals surface area (Å²) in [4.78, 5) is 18.2. The third kappa shape index (κ3) is 4.97. The lowest BCUT2D eigenvalue weighted by Crippen LogP contribution is -2.25. The van der Waals surface area contributed by atoms with Crippen LogP contribution in [0.2, 0.25) is 0 Å². The van der Waals surface area contributed by atoms with Crippen molar-refractivity contribution in [1.82, 2.24) is 9.55 Å². The highest BCUT2D eigenvalue weighted by atomic mass is 32.2. The number of pyridine rings is 2. The van der Waals surface area contributed by atoms with Gasteiger partial charge in [0.1, 0.15) is 28.3 Å². The molecule has 0 saturated carbocycles. The second-order valence-electron chi connectivity index (χ2n) is 6.73. The first-order chi connectivity index (χ1) is 14.7. The normalized spacial score (nSPS) is 11.6. The van der Waals surface area contributed by atoms with Gasteiger partial charge in [0.2, 0.25) is 0 Å². The number of ether oxygens (including phenoxy) is 1. The number of benzene rings is 1. The van der Waals surface area contributed by atoms with E-state index < -0.39 is 22.6 Å². The van der Waals surface area contributed by atoms with E-state index in [1.54, 1.807) is 44.4 Å². The van der Waals surface area contributed by atoms with Crippen molar-refractivity contribution in [2.75, 3.05) is 23.7 Å². The van der Waals surface area contributed by atoms with Crippen LogP contribution in [0, 0.1) is 11.6 Å². The van der Waals surface area contributed by atoms with Crippen molar-refractivity contribution < 1.29 is 17.7 Å². The molecule has 7 nitrogen and oxygen atoms in total. The number of aryl methyl sites for hydroxylation is 1. The maximum atomic E-state index is 14.2. The SMILES string of the molecule is C=CS(=O)Nc1cc(-c2cc(N(C)C)c(=O)n(C)c2)c(Oc2ccc(F)cc2F)cn1. The molecule has 0 spiro atoms. The van der Waals surface area contributed by atoms with Crippen molar-refractivity contribution in [3.05, 3.63) is 76.7 Å². The molecule has 0 fully saturated rings. The molecule has 1 atom stereocenters.